The lowest BCUT2D eigenvalue weighted by Crippen LogP contribution is -2.43. The maximum Gasteiger partial charge on any atom is 0.410 e. The first-order chi connectivity index (χ1) is 15.2. The van der Waals surface area contributed by atoms with Crippen LogP contribution in [-0.2, 0) is 16.1 Å². The van der Waals surface area contributed by atoms with Crippen molar-refractivity contribution in [2.45, 2.75) is 25.5 Å². The summed E-state index contributed by atoms with van der Waals surface area (Å²) < 4.78 is 11.2. The molecule has 1 aliphatic rings. The quantitative estimate of drug-likeness (QED) is 0.598. The molecule has 1 heterocycles. The van der Waals surface area contributed by atoms with Gasteiger partial charge >= 0.3 is 6.09 Å². The number of carbonyl (C=O) groups excluding carboxylic acids is 2. The monoisotopic (exact) mass is 416 g/mol. The van der Waals surface area contributed by atoms with Crippen LogP contribution in [0.2, 0.25) is 0 Å². The number of hydrogen-bond donors (Lipinski definition) is 1. The number of nitrogens with one attached hydrogen (secondary N) is 1. The van der Waals surface area contributed by atoms with Crippen LogP contribution in [0.3, 0.4) is 0 Å². The molecule has 0 aromatic heterocycles. The standard InChI is InChI=1S/C25H24N2O4/c28-24(26-20-13-15-22(16-14-20)31-21-10-5-2-6-11-21)23-12-7-17-27(23)25(29)30-18-19-8-3-1-4-9-19/h1-6,8-11,13-16,23H,7,12,17-18H2,(H,26,28). The summed E-state index contributed by atoms with van der Waals surface area (Å²) in [7, 11) is 0. The van der Waals surface area contributed by atoms with E-state index in [4.69, 9.17) is 9.47 Å². The molecule has 0 spiro atoms. The van der Waals surface area contributed by atoms with Crippen LogP contribution >= 0.6 is 0 Å². The number of likely N-dealkylation sites (tertiary alicyclic amines) is 1. The van der Waals surface area contributed by atoms with Crippen LogP contribution in [0.4, 0.5) is 10.5 Å². The van der Waals surface area contributed by atoms with Gasteiger partial charge in [-0.25, -0.2) is 4.79 Å². The maximum atomic E-state index is 12.8. The number of para-hydroxylation sites is 1. The predicted molar refractivity (Wildman–Crippen MR) is 118 cm³/mol. The number of anilines is 1. The molecular formula is C25H24N2O4. The van der Waals surface area contributed by atoms with Crippen LogP contribution < -0.4 is 10.1 Å². The number of ether oxygens (including phenoxy) is 2. The zero-order valence-electron chi connectivity index (χ0n) is 17.1. The van der Waals surface area contributed by atoms with Crippen LogP contribution in [0.5, 0.6) is 11.5 Å². The Balaban J connectivity index is 1.32. The molecule has 0 saturated carbocycles. The van der Waals surface area contributed by atoms with Gasteiger partial charge in [-0.1, -0.05) is 48.5 Å². The van der Waals surface area contributed by atoms with E-state index in [1.165, 1.54) is 4.90 Å². The molecule has 1 unspecified atom stereocenters. The van der Waals surface area contributed by atoms with Gasteiger partial charge in [0.05, 0.1) is 0 Å². The normalized spacial score (nSPS) is 15.4. The van der Waals surface area contributed by atoms with E-state index in [1.54, 1.807) is 24.3 Å². The van der Waals surface area contributed by atoms with Gasteiger partial charge in [-0.2, -0.15) is 0 Å². The Morgan fingerprint density at radius 3 is 2.23 bits per heavy atom. The van der Waals surface area contributed by atoms with E-state index in [9.17, 15) is 9.59 Å². The minimum atomic E-state index is -0.538. The summed E-state index contributed by atoms with van der Waals surface area (Å²) in [6.45, 7) is 0.697. The summed E-state index contributed by atoms with van der Waals surface area (Å²) in [5, 5.41) is 2.89. The number of benzene rings is 3. The molecular weight excluding hydrogens is 392 g/mol. The van der Waals surface area contributed by atoms with Gasteiger partial charge in [0, 0.05) is 12.2 Å². The Bertz CT molecular complexity index is 1010. The molecule has 31 heavy (non-hydrogen) atoms. The Morgan fingerprint density at radius 1 is 0.871 bits per heavy atom. The van der Waals surface area contributed by atoms with Gasteiger partial charge in [0.1, 0.15) is 24.1 Å². The lowest BCUT2D eigenvalue weighted by molar-refractivity contribution is -0.120. The molecule has 1 atom stereocenters. The third-order valence-corrected chi connectivity index (χ3v) is 5.10. The van der Waals surface area contributed by atoms with Crippen LogP contribution in [0.15, 0.2) is 84.9 Å². The van der Waals surface area contributed by atoms with Crippen molar-refractivity contribution in [1.29, 1.82) is 0 Å². The Kier molecular flexibility index (Phi) is 6.47. The Morgan fingerprint density at radius 2 is 1.52 bits per heavy atom. The summed E-state index contributed by atoms with van der Waals surface area (Å²) in [4.78, 5) is 26.8. The average Bonchev–Trinajstić information content (AvgIpc) is 3.31. The van der Waals surface area contributed by atoms with E-state index in [0.29, 0.717) is 24.4 Å². The highest BCUT2D eigenvalue weighted by Crippen LogP contribution is 2.24. The average molecular weight is 416 g/mol. The Labute approximate surface area is 181 Å². The van der Waals surface area contributed by atoms with E-state index in [-0.39, 0.29) is 12.5 Å². The molecule has 1 fully saturated rings. The van der Waals surface area contributed by atoms with Crippen molar-refractivity contribution in [3.63, 3.8) is 0 Å². The summed E-state index contributed by atoms with van der Waals surface area (Å²) in [6.07, 6.45) is 0.914. The first-order valence-corrected chi connectivity index (χ1v) is 10.3. The van der Waals surface area contributed by atoms with E-state index >= 15 is 0 Å². The van der Waals surface area contributed by atoms with Crippen LogP contribution in [0.25, 0.3) is 0 Å². The molecule has 6 heteroatoms. The minimum absolute atomic E-state index is 0.188. The lowest BCUT2D eigenvalue weighted by Gasteiger charge is -2.23. The fourth-order valence-electron chi connectivity index (χ4n) is 3.52. The number of hydrogen-bond acceptors (Lipinski definition) is 4. The molecule has 1 aliphatic heterocycles. The van der Waals surface area contributed by atoms with E-state index in [0.717, 1.165) is 17.7 Å². The van der Waals surface area contributed by atoms with Crippen molar-refractivity contribution in [2.24, 2.45) is 0 Å². The second kappa shape index (κ2) is 9.80. The molecule has 158 valence electrons. The van der Waals surface area contributed by atoms with Crippen molar-refractivity contribution in [3.8, 4) is 11.5 Å². The fourth-order valence-corrected chi connectivity index (χ4v) is 3.52. The SMILES string of the molecule is O=C(Nc1ccc(Oc2ccccc2)cc1)C1CCCN1C(=O)OCc1ccccc1. The summed E-state index contributed by atoms with van der Waals surface area (Å²) in [5.41, 5.74) is 1.56. The maximum absolute atomic E-state index is 12.8. The number of carbonyl (C=O) groups is 2. The molecule has 6 nitrogen and oxygen atoms in total. The summed E-state index contributed by atoms with van der Waals surface area (Å²) in [5.74, 6) is 1.21. The van der Waals surface area contributed by atoms with Gasteiger partial charge in [0.25, 0.3) is 0 Å². The highest BCUT2D eigenvalue weighted by molar-refractivity contribution is 5.96. The second-order valence-electron chi connectivity index (χ2n) is 7.32. The van der Waals surface area contributed by atoms with Gasteiger partial charge in [0.2, 0.25) is 5.91 Å². The Hall–Kier alpha value is -3.80. The number of rotatable bonds is 6. The van der Waals surface area contributed by atoms with Gasteiger partial charge in [-0.3, -0.25) is 9.69 Å². The molecule has 0 bridgehead atoms. The van der Waals surface area contributed by atoms with Crippen molar-refractivity contribution in [3.05, 3.63) is 90.5 Å². The van der Waals surface area contributed by atoms with Gasteiger partial charge < -0.3 is 14.8 Å². The smallest absolute Gasteiger partial charge is 0.410 e. The van der Waals surface area contributed by atoms with Crippen molar-refractivity contribution in [2.75, 3.05) is 11.9 Å². The molecule has 0 radical (unpaired) electrons. The molecule has 4 rings (SSSR count). The summed E-state index contributed by atoms with van der Waals surface area (Å²) in [6, 6.07) is 25.6. The zero-order chi connectivity index (χ0) is 21.5. The molecule has 2 amide bonds. The first kappa shape index (κ1) is 20.5. The summed E-state index contributed by atoms with van der Waals surface area (Å²) >= 11 is 0. The van der Waals surface area contributed by atoms with Crippen LogP contribution in [0, 0.1) is 0 Å². The molecule has 1 N–H and O–H groups in total. The lowest BCUT2D eigenvalue weighted by atomic mass is 10.2. The largest absolute Gasteiger partial charge is 0.457 e. The third kappa shape index (κ3) is 5.42. The highest BCUT2D eigenvalue weighted by atomic mass is 16.6. The highest BCUT2D eigenvalue weighted by Gasteiger charge is 2.35. The zero-order valence-corrected chi connectivity index (χ0v) is 17.1. The predicted octanol–water partition coefficient (Wildman–Crippen LogP) is 5.22. The van der Waals surface area contributed by atoms with E-state index in [1.807, 2.05) is 60.7 Å². The van der Waals surface area contributed by atoms with Crippen molar-refractivity contribution in [1.82, 2.24) is 4.90 Å². The number of amides is 2. The van der Waals surface area contributed by atoms with Crippen LogP contribution in [0.1, 0.15) is 18.4 Å². The van der Waals surface area contributed by atoms with Crippen molar-refractivity contribution >= 4 is 17.7 Å². The molecule has 3 aromatic carbocycles. The second-order valence-corrected chi connectivity index (χ2v) is 7.32. The van der Waals surface area contributed by atoms with Gasteiger partial charge in [0.15, 0.2) is 0 Å². The molecule has 0 aliphatic carbocycles. The van der Waals surface area contributed by atoms with Crippen molar-refractivity contribution < 1.29 is 19.1 Å². The first-order valence-electron chi connectivity index (χ1n) is 10.3. The number of nitrogens with zero attached hydrogens (tertiary/aromatic N) is 1. The topological polar surface area (TPSA) is 67.9 Å². The van der Waals surface area contributed by atoms with Crippen LogP contribution in [-0.4, -0.2) is 29.5 Å². The molecule has 3 aromatic rings. The third-order valence-electron chi connectivity index (χ3n) is 5.10. The van der Waals surface area contributed by atoms with E-state index < -0.39 is 12.1 Å². The van der Waals surface area contributed by atoms with Gasteiger partial charge in [-0.05, 0) is 54.8 Å². The fraction of sp³-hybridized carbons (Fsp3) is 0.200. The van der Waals surface area contributed by atoms with Gasteiger partial charge in [-0.15, -0.1) is 0 Å². The minimum Gasteiger partial charge on any atom is -0.457 e. The van der Waals surface area contributed by atoms with E-state index in [2.05, 4.69) is 5.32 Å². The molecule has 1 saturated heterocycles.